The van der Waals surface area contributed by atoms with E-state index in [1.807, 2.05) is 38.1 Å². The first-order valence-corrected chi connectivity index (χ1v) is 9.68. The minimum Gasteiger partial charge on any atom is -0.485 e. The second-order valence-corrected chi connectivity index (χ2v) is 7.09. The molecule has 1 amide bonds. The lowest BCUT2D eigenvalue weighted by Crippen LogP contribution is -2.13. The number of aryl methyl sites for hydroxylation is 2. The maximum Gasteiger partial charge on any atom is 0.221 e. The van der Waals surface area contributed by atoms with E-state index in [1.165, 1.54) is 12.5 Å². The second kappa shape index (κ2) is 9.24. The van der Waals surface area contributed by atoms with Crippen molar-refractivity contribution in [1.82, 2.24) is 4.57 Å². The topological polar surface area (TPSA) is 60.3 Å². The van der Waals surface area contributed by atoms with Crippen LogP contribution >= 0.6 is 0 Å². The normalized spacial score (nSPS) is 10.6. The van der Waals surface area contributed by atoms with Gasteiger partial charge in [0, 0.05) is 36.1 Å². The van der Waals surface area contributed by atoms with Crippen LogP contribution in [0.2, 0.25) is 0 Å². The number of Topliss-reactive ketones (excluding diaryl/α,β-unsaturated/α-hetero) is 1. The molecule has 1 aromatic heterocycles. The molecule has 0 fully saturated rings. The standard InChI is InChI=1S/C24H26N2O3/c1-17-15-23(18(2)26(17)14-13-20-7-5-4-6-8-20)24(28)16-29-22-11-9-21(10-12-22)25-19(3)27/h4-12,15H,13-14,16H2,1-3H3,(H,25,27). The summed E-state index contributed by atoms with van der Waals surface area (Å²) in [7, 11) is 0. The molecular formula is C24H26N2O3. The van der Waals surface area contributed by atoms with Gasteiger partial charge in [-0.1, -0.05) is 30.3 Å². The van der Waals surface area contributed by atoms with E-state index in [0.29, 0.717) is 17.0 Å². The smallest absolute Gasteiger partial charge is 0.221 e. The Bertz CT molecular complexity index is 989. The average molecular weight is 390 g/mol. The molecule has 1 N–H and O–H groups in total. The van der Waals surface area contributed by atoms with Crippen molar-refractivity contribution in [3.05, 3.63) is 83.2 Å². The van der Waals surface area contributed by atoms with Crippen molar-refractivity contribution >= 4 is 17.4 Å². The molecule has 2 aromatic carbocycles. The van der Waals surface area contributed by atoms with Crippen LogP contribution in [0.4, 0.5) is 5.69 Å². The van der Waals surface area contributed by atoms with Gasteiger partial charge in [-0.2, -0.15) is 0 Å². The molecule has 5 nitrogen and oxygen atoms in total. The zero-order valence-corrected chi connectivity index (χ0v) is 17.1. The molecular weight excluding hydrogens is 364 g/mol. The molecule has 5 heteroatoms. The summed E-state index contributed by atoms with van der Waals surface area (Å²) in [5, 5.41) is 2.70. The number of amides is 1. The Labute approximate surface area is 171 Å². The van der Waals surface area contributed by atoms with E-state index in [0.717, 1.165) is 24.4 Å². The van der Waals surface area contributed by atoms with E-state index in [9.17, 15) is 9.59 Å². The van der Waals surface area contributed by atoms with Gasteiger partial charge in [-0.15, -0.1) is 0 Å². The highest BCUT2D eigenvalue weighted by Crippen LogP contribution is 2.19. The Morgan fingerprint density at radius 2 is 1.69 bits per heavy atom. The Kier molecular flexibility index (Phi) is 6.50. The van der Waals surface area contributed by atoms with Crippen LogP contribution in [0.25, 0.3) is 0 Å². The number of rotatable bonds is 8. The van der Waals surface area contributed by atoms with Crippen LogP contribution in [0.1, 0.15) is 34.2 Å². The summed E-state index contributed by atoms with van der Waals surface area (Å²) in [6.07, 6.45) is 0.919. The molecule has 0 aliphatic carbocycles. The van der Waals surface area contributed by atoms with Gasteiger partial charge in [-0.3, -0.25) is 9.59 Å². The van der Waals surface area contributed by atoms with Gasteiger partial charge in [0.05, 0.1) is 0 Å². The maximum atomic E-state index is 12.7. The summed E-state index contributed by atoms with van der Waals surface area (Å²) >= 11 is 0. The highest BCUT2D eigenvalue weighted by atomic mass is 16.5. The lowest BCUT2D eigenvalue weighted by atomic mass is 10.1. The fraction of sp³-hybridized carbons (Fsp3) is 0.250. The summed E-state index contributed by atoms with van der Waals surface area (Å²) in [4.78, 5) is 23.8. The van der Waals surface area contributed by atoms with Crippen molar-refractivity contribution < 1.29 is 14.3 Å². The Balaban J connectivity index is 1.61. The van der Waals surface area contributed by atoms with Gasteiger partial charge in [-0.25, -0.2) is 0 Å². The van der Waals surface area contributed by atoms with Gasteiger partial charge >= 0.3 is 0 Å². The fourth-order valence-corrected chi connectivity index (χ4v) is 3.38. The van der Waals surface area contributed by atoms with Crippen molar-refractivity contribution in [2.75, 3.05) is 11.9 Å². The zero-order valence-electron chi connectivity index (χ0n) is 17.1. The van der Waals surface area contributed by atoms with Crippen molar-refractivity contribution in [1.29, 1.82) is 0 Å². The molecule has 0 bridgehead atoms. The summed E-state index contributed by atoms with van der Waals surface area (Å²) in [6.45, 7) is 6.27. The van der Waals surface area contributed by atoms with E-state index >= 15 is 0 Å². The molecule has 0 unspecified atom stereocenters. The van der Waals surface area contributed by atoms with Crippen molar-refractivity contribution in [3.8, 4) is 5.75 Å². The zero-order chi connectivity index (χ0) is 20.8. The van der Waals surface area contributed by atoms with Gasteiger partial charge in [0.15, 0.2) is 6.61 Å². The Hall–Kier alpha value is -3.34. The molecule has 3 aromatic rings. The predicted octanol–water partition coefficient (Wildman–Crippen LogP) is 4.57. The van der Waals surface area contributed by atoms with Crippen LogP contribution in [0.3, 0.4) is 0 Å². The van der Waals surface area contributed by atoms with E-state index in [-0.39, 0.29) is 18.3 Å². The molecule has 0 saturated heterocycles. The van der Waals surface area contributed by atoms with E-state index < -0.39 is 0 Å². The molecule has 1 heterocycles. The monoisotopic (exact) mass is 390 g/mol. The summed E-state index contributed by atoms with van der Waals surface area (Å²) in [5.41, 5.74) is 4.71. The number of hydrogen-bond donors (Lipinski definition) is 1. The third-order valence-corrected chi connectivity index (χ3v) is 4.89. The summed E-state index contributed by atoms with van der Waals surface area (Å²) < 4.78 is 7.83. The first-order valence-electron chi connectivity index (χ1n) is 9.68. The lowest BCUT2D eigenvalue weighted by molar-refractivity contribution is -0.114. The molecule has 0 atom stereocenters. The number of nitrogens with one attached hydrogen (secondary N) is 1. The molecule has 3 rings (SSSR count). The number of aromatic nitrogens is 1. The maximum absolute atomic E-state index is 12.7. The van der Waals surface area contributed by atoms with Crippen molar-refractivity contribution in [2.24, 2.45) is 0 Å². The number of ether oxygens (including phenoxy) is 1. The predicted molar refractivity (Wildman–Crippen MR) is 115 cm³/mol. The molecule has 0 spiro atoms. The number of nitrogens with zero attached hydrogens (tertiary/aromatic N) is 1. The Morgan fingerprint density at radius 1 is 1.00 bits per heavy atom. The van der Waals surface area contributed by atoms with Crippen LogP contribution in [-0.4, -0.2) is 22.9 Å². The van der Waals surface area contributed by atoms with E-state index in [4.69, 9.17) is 4.74 Å². The second-order valence-electron chi connectivity index (χ2n) is 7.09. The largest absolute Gasteiger partial charge is 0.485 e. The number of carbonyl (C=O) groups excluding carboxylic acids is 2. The molecule has 0 aliphatic heterocycles. The number of ketones is 1. The van der Waals surface area contributed by atoms with Gasteiger partial charge in [0.1, 0.15) is 5.75 Å². The molecule has 29 heavy (non-hydrogen) atoms. The van der Waals surface area contributed by atoms with Gasteiger partial charge < -0.3 is 14.6 Å². The SMILES string of the molecule is CC(=O)Nc1ccc(OCC(=O)c2cc(C)n(CCc3ccccc3)c2C)cc1. The summed E-state index contributed by atoms with van der Waals surface area (Å²) in [6, 6.07) is 19.2. The molecule has 150 valence electrons. The first-order chi connectivity index (χ1) is 13.9. The third kappa shape index (κ3) is 5.35. The molecule has 0 saturated carbocycles. The minimum atomic E-state index is -0.128. The van der Waals surface area contributed by atoms with Crippen LogP contribution in [-0.2, 0) is 17.8 Å². The van der Waals surface area contributed by atoms with Crippen LogP contribution in [0.5, 0.6) is 5.75 Å². The van der Waals surface area contributed by atoms with Crippen molar-refractivity contribution in [2.45, 2.75) is 33.7 Å². The van der Waals surface area contributed by atoms with Gasteiger partial charge in [0.25, 0.3) is 0 Å². The van der Waals surface area contributed by atoms with Crippen LogP contribution in [0.15, 0.2) is 60.7 Å². The average Bonchev–Trinajstić information content (AvgIpc) is 2.99. The van der Waals surface area contributed by atoms with Crippen LogP contribution < -0.4 is 10.1 Å². The Morgan fingerprint density at radius 3 is 2.34 bits per heavy atom. The van der Waals surface area contributed by atoms with Gasteiger partial charge in [0.2, 0.25) is 11.7 Å². The lowest BCUT2D eigenvalue weighted by Gasteiger charge is -2.10. The third-order valence-electron chi connectivity index (χ3n) is 4.89. The van der Waals surface area contributed by atoms with E-state index in [2.05, 4.69) is 22.0 Å². The molecule has 0 aliphatic rings. The van der Waals surface area contributed by atoms with Crippen LogP contribution in [0, 0.1) is 13.8 Å². The number of anilines is 1. The molecule has 0 radical (unpaired) electrons. The highest BCUT2D eigenvalue weighted by molar-refractivity contribution is 5.98. The summed E-state index contributed by atoms with van der Waals surface area (Å²) in [5.74, 6) is 0.414. The number of hydrogen-bond acceptors (Lipinski definition) is 3. The number of carbonyl (C=O) groups is 2. The van der Waals surface area contributed by atoms with E-state index in [1.54, 1.807) is 24.3 Å². The number of benzene rings is 2. The fourth-order valence-electron chi connectivity index (χ4n) is 3.38. The van der Waals surface area contributed by atoms with Gasteiger partial charge in [-0.05, 0) is 56.2 Å². The highest BCUT2D eigenvalue weighted by Gasteiger charge is 2.16. The first kappa shape index (κ1) is 20.4. The minimum absolute atomic E-state index is 0.0253. The quantitative estimate of drug-likeness (QED) is 0.573. The van der Waals surface area contributed by atoms with Crippen molar-refractivity contribution in [3.63, 3.8) is 0 Å².